The van der Waals surface area contributed by atoms with Crippen molar-refractivity contribution in [1.29, 1.82) is 0 Å². The maximum Gasteiger partial charge on any atom is 0.263 e. The van der Waals surface area contributed by atoms with Gasteiger partial charge in [0.2, 0.25) is 0 Å². The average Bonchev–Trinajstić information content (AvgIpc) is 3.18. The van der Waals surface area contributed by atoms with Gasteiger partial charge >= 0.3 is 0 Å². The number of rotatable bonds is 4. The third-order valence-electron chi connectivity index (χ3n) is 3.48. The first kappa shape index (κ1) is 14.1. The quantitative estimate of drug-likeness (QED) is 0.862. The Morgan fingerprint density at radius 1 is 1.24 bits per heavy atom. The summed E-state index contributed by atoms with van der Waals surface area (Å²) in [5.41, 5.74) is 0.965. The lowest BCUT2D eigenvalue weighted by atomic mass is 10.3. The molecule has 3 nitrogen and oxygen atoms in total. The first-order valence-electron chi connectivity index (χ1n) is 6.97. The van der Waals surface area contributed by atoms with E-state index in [0.29, 0.717) is 12.4 Å². The van der Waals surface area contributed by atoms with Crippen molar-refractivity contribution in [2.24, 2.45) is 0 Å². The molecule has 1 aliphatic heterocycles. The SMILES string of the molecule is O=C(c1cc(COc2ccc(F)cc2)cs1)N1CCCC1. The van der Waals surface area contributed by atoms with Gasteiger partial charge in [0.25, 0.3) is 5.91 Å². The molecule has 3 rings (SSSR count). The van der Waals surface area contributed by atoms with Gasteiger partial charge in [-0.25, -0.2) is 4.39 Å². The fourth-order valence-corrected chi connectivity index (χ4v) is 3.20. The Kier molecular flexibility index (Phi) is 4.20. The highest BCUT2D eigenvalue weighted by Crippen LogP contribution is 2.21. The number of likely N-dealkylation sites (tertiary alicyclic amines) is 1. The second kappa shape index (κ2) is 6.26. The lowest BCUT2D eigenvalue weighted by Crippen LogP contribution is -2.26. The maximum atomic E-state index is 12.8. The summed E-state index contributed by atoms with van der Waals surface area (Å²) in [5.74, 6) is 0.455. The summed E-state index contributed by atoms with van der Waals surface area (Å²) in [6, 6.07) is 7.81. The highest BCUT2D eigenvalue weighted by molar-refractivity contribution is 7.12. The molecule has 0 unspecified atom stereocenters. The molecule has 21 heavy (non-hydrogen) atoms. The minimum Gasteiger partial charge on any atom is -0.489 e. The van der Waals surface area contributed by atoms with Crippen LogP contribution in [0.15, 0.2) is 35.7 Å². The molecule has 1 aliphatic rings. The monoisotopic (exact) mass is 305 g/mol. The molecule has 0 atom stereocenters. The summed E-state index contributed by atoms with van der Waals surface area (Å²) < 4.78 is 18.4. The van der Waals surface area contributed by atoms with E-state index in [-0.39, 0.29) is 11.7 Å². The summed E-state index contributed by atoms with van der Waals surface area (Å²) in [7, 11) is 0. The molecule has 0 spiro atoms. The molecule has 0 bridgehead atoms. The van der Waals surface area contributed by atoms with Crippen molar-refractivity contribution in [1.82, 2.24) is 4.90 Å². The Hall–Kier alpha value is -1.88. The van der Waals surface area contributed by atoms with Crippen LogP contribution in [0, 0.1) is 5.82 Å². The van der Waals surface area contributed by atoms with Gasteiger partial charge in [-0.15, -0.1) is 11.3 Å². The summed E-state index contributed by atoms with van der Waals surface area (Å²) in [4.78, 5) is 14.9. The maximum absolute atomic E-state index is 12.8. The summed E-state index contributed by atoms with van der Waals surface area (Å²) in [5, 5.41) is 1.94. The summed E-state index contributed by atoms with van der Waals surface area (Å²) in [6.07, 6.45) is 2.19. The van der Waals surface area contributed by atoms with Gasteiger partial charge in [-0.2, -0.15) is 0 Å². The van der Waals surface area contributed by atoms with E-state index in [1.807, 2.05) is 16.3 Å². The van der Waals surface area contributed by atoms with Gasteiger partial charge in [0.1, 0.15) is 18.2 Å². The Bertz CT molecular complexity index is 617. The number of carbonyl (C=O) groups is 1. The zero-order valence-corrected chi connectivity index (χ0v) is 12.4. The lowest BCUT2D eigenvalue weighted by Gasteiger charge is -2.13. The molecule has 1 aromatic carbocycles. The van der Waals surface area contributed by atoms with E-state index in [4.69, 9.17) is 4.74 Å². The average molecular weight is 305 g/mol. The topological polar surface area (TPSA) is 29.5 Å². The minimum atomic E-state index is -0.281. The molecule has 0 N–H and O–H groups in total. The van der Waals surface area contributed by atoms with Crippen LogP contribution >= 0.6 is 11.3 Å². The van der Waals surface area contributed by atoms with Crippen molar-refractivity contribution in [3.63, 3.8) is 0 Å². The van der Waals surface area contributed by atoms with Gasteiger partial charge in [-0.05, 0) is 48.6 Å². The molecule has 5 heteroatoms. The van der Waals surface area contributed by atoms with Gasteiger partial charge in [0, 0.05) is 18.7 Å². The van der Waals surface area contributed by atoms with Gasteiger partial charge in [0.05, 0.1) is 4.88 Å². The van der Waals surface area contributed by atoms with E-state index < -0.39 is 0 Å². The number of halogens is 1. The molecule has 2 heterocycles. The van der Waals surface area contributed by atoms with Crippen LogP contribution in [-0.2, 0) is 6.61 Å². The Balaban J connectivity index is 1.59. The van der Waals surface area contributed by atoms with E-state index in [9.17, 15) is 9.18 Å². The van der Waals surface area contributed by atoms with Crippen LogP contribution in [0.1, 0.15) is 28.1 Å². The molecule has 110 valence electrons. The van der Waals surface area contributed by atoms with Crippen LogP contribution in [0.25, 0.3) is 0 Å². The number of carbonyl (C=O) groups excluding carboxylic acids is 1. The van der Waals surface area contributed by atoms with Gasteiger partial charge in [-0.3, -0.25) is 4.79 Å². The zero-order chi connectivity index (χ0) is 14.7. The number of amides is 1. The van der Waals surface area contributed by atoms with Gasteiger partial charge in [-0.1, -0.05) is 0 Å². The fraction of sp³-hybridized carbons (Fsp3) is 0.312. The third-order valence-corrected chi connectivity index (χ3v) is 4.44. The molecule has 1 saturated heterocycles. The van der Waals surface area contributed by atoms with E-state index >= 15 is 0 Å². The zero-order valence-electron chi connectivity index (χ0n) is 11.5. The van der Waals surface area contributed by atoms with Crippen molar-refractivity contribution in [3.8, 4) is 5.75 Å². The molecule has 1 amide bonds. The largest absolute Gasteiger partial charge is 0.489 e. The van der Waals surface area contributed by atoms with E-state index in [1.54, 1.807) is 12.1 Å². The van der Waals surface area contributed by atoms with Crippen molar-refractivity contribution >= 4 is 17.2 Å². The number of hydrogen-bond donors (Lipinski definition) is 0. The molecule has 2 aromatic rings. The van der Waals surface area contributed by atoms with Gasteiger partial charge < -0.3 is 9.64 Å². The number of thiophene rings is 1. The number of ether oxygens (including phenoxy) is 1. The van der Waals surface area contributed by atoms with Crippen molar-refractivity contribution in [2.45, 2.75) is 19.4 Å². The first-order valence-corrected chi connectivity index (χ1v) is 7.85. The normalized spacial score (nSPS) is 14.4. The Labute approximate surface area is 127 Å². The van der Waals surface area contributed by atoms with E-state index in [2.05, 4.69) is 0 Å². The van der Waals surface area contributed by atoms with Crippen LogP contribution in [0.5, 0.6) is 5.75 Å². The number of hydrogen-bond acceptors (Lipinski definition) is 3. The highest BCUT2D eigenvalue weighted by Gasteiger charge is 2.20. The minimum absolute atomic E-state index is 0.116. The standard InChI is InChI=1S/C16H16FNO2S/c17-13-3-5-14(6-4-13)20-10-12-9-15(21-11-12)16(19)18-7-1-2-8-18/h3-6,9,11H,1-2,7-8,10H2. The predicted molar refractivity (Wildman–Crippen MR) is 80.2 cm³/mol. The lowest BCUT2D eigenvalue weighted by molar-refractivity contribution is 0.0797. The van der Waals surface area contributed by atoms with E-state index in [0.717, 1.165) is 36.4 Å². The van der Waals surface area contributed by atoms with Crippen LogP contribution < -0.4 is 4.74 Å². The highest BCUT2D eigenvalue weighted by atomic mass is 32.1. The first-order chi connectivity index (χ1) is 10.2. The van der Waals surface area contributed by atoms with Gasteiger partial charge in [0.15, 0.2) is 0 Å². The fourth-order valence-electron chi connectivity index (χ4n) is 2.34. The Morgan fingerprint density at radius 2 is 1.95 bits per heavy atom. The van der Waals surface area contributed by atoms with Crippen molar-refractivity contribution < 1.29 is 13.9 Å². The summed E-state index contributed by atoms with van der Waals surface area (Å²) >= 11 is 1.45. The molecular weight excluding hydrogens is 289 g/mol. The molecular formula is C16H16FNO2S. The predicted octanol–water partition coefficient (Wildman–Crippen LogP) is 3.70. The molecule has 0 radical (unpaired) electrons. The molecule has 1 aromatic heterocycles. The molecule has 0 saturated carbocycles. The third kappa shape index (κ3) is 3.42. The molecule has 1 fully saturated rings. The number of nitrogens with zero attached hydrogens (tertiary/aromatic N) is 1. The smallest absolute Gasteiger partial charge is 0.263 e. The number of benzene rings is 1. The Morgan fingerprint density at radius 3 is 2.67 bits per heavy atom. The van der Waals surface area contributed by atoms with Crippen LogP contribution in [0.3, 0.4) is 0 Å². The van der Waals surface area contributed by atoms with Crippen LogP contribution in [0.4, 0.5) is 4.39 Å². The van der Waals surface area contributed by atoms with Crippen LogP contribution in [0.2, 0.25) is 0 Å². The molecule has 0 aliphatic carbocycles. The van der Waals surface area contributed by atoms with E-state index in [1.165, 1.54) is 23.5 Å². The van der Waals surface area contributed by atoms with Crippen molar-refractivity contribution in [3.05, 3.63) is 52.0 Å². The van der Waals surface area contributed by atoms with Crippen molar-refractivity contribution in [2.75, 3.05) is 13.1 Å². The second-order valence-electron chi connectivity index (χ2n) is 5.06. The summed E-state index contributed by atoms with van der Waals surface area (Å²) in [6.45, 7) is 2.10. The van der Waals surface area contributed by atoms with Crippen LogP contribution in [-0.4, -0.2) is 23.9 Å². The second-order valence-corrected chi connectivity index (χ2v) is 5.97.